The van der Waals surface area contributed by atoms with Crippen LogP contribution in [0.5, 0.6) is 5.75 Å². The van der Waals surface area contributed by atoms with Gasteiger partial charge in [-0.2, -0.15) is 4.90 Å². The molecule has 0 bridgehead atoms. The summed E-state index contributed by atoms with van der Waals surface area (Å²) < 4.78 is 5.17. The first-order valence-electron chi connectivity index (χ1n) is 8.02. The van der Waals surface area contributed by atoms with Gasteiger partial charge in [0.05, 0.1) is 14.2 Å². The fourth-order valence-electron chi connectivity index (χ4n) is 3.18. The number of nitrogens with one attached hydrogen (secondary N) is 1. The van der Waals surface area contributed by atoms with Crippen molar-refractivity contribution < 1.29 is 19.3 Å². The Kier molecular flexibility index (Phi) is 4.53. The summed E-state index contributed by atoms with van der Waals surface area (Å²) >= 11 is 0. The van der Waals surface area contributed by atoms with Gasteiger partial charge in [0, 0.05) is 20.1 Å². The first-order chi connectivity index (χ1) is 11.5. The molecule has 24 heavy (non-hydrogen) atoms. The summed E-state index contributed by atoms with van der Waals surface area (Å²) in [7, 11) is 4.89. The van der Waals surface area contributed by atoms with E-state index in [2.05, 4.69) is 22.0 Å². The van der Waals surface area contributed by atoms with E-state index in [1.165, 1.54) is 22.4 Å². The molecule has 1 atom stereocenters. The lowest BCUT2D eigenvalue weighted by Crippen LogP contribution is -2.87. The van der Waals surface area contributed by atoms with Gasteiger partial charge in [0.2, 0.25) is 5.91 Å². The Balaban J connectivity index is 1.64. The number of fused-ring (bicyclic) bond motifs is 1. The van der Waals surface area contributed by atoms with Crippen molar-refractivity contribution in [3.05, 3.63) is 29.8 Å². The van der Waals surface area contributed by atoms with Crippen LogP contribution < -0.4 is 9.73 Å². The Morgan fingerprint density at radius 1 is 1.17 bits per heavy atom. The van der Waals surface area contributed by atoms with E-state index in [-0.39, 0.29) is 17.9 Å². The molecule has 1 fully saturated rings. The van der Waals surface area contributed by atoms with Crippen molar-refractivity contribution >= 4 is 17.8 Å². The van der Waals surface area contributed by atoms with E-state index in [1.807, 2.05) is 12.1 Å². The van der Waals surface area contributed by atoms with Gasteiger partial charge in [0.25, 0.3) is 5.84 Å². The zero-order valence-electron chi connectivity index (χ0n) is 14.3. The maximum absolute atomic E-state index is 12.4. The van der Waals surface area contributed by atoms with Crippen molar-refractivity contribution in [1.82, 2.24) is 14.7 Å². The number of hydrogen-bond acceptors (Lipinski definition) is 4. The summed E-state index contributed by atoms with van der Waals surface area (Å²) in [5.41, 5.74) is 1.23. The van der Waals surface area contributed by atoms with Crippen LogP contribution >= 0.6 is 0 Å². The van der Waals surface area contributed by atoms with Gasteiger partial charge in [-0.15, -0.1) is 0 Å². The van der Waals surface area contributed by atoms with Crippen LogP contribution in [0.4, 0.5) is 4.79 Å². The molecular weight excluding hydrogens is 308 g/mol. The van der Waals surface area contributed by atoms with E-state index in [0.717, 1.165) is 18.7 Å². The molecule has 1 aromatic rings. The van der Waals surface area contributed by atoms with E-state index >= 15 is 0 Å². The van der Waals surface area contributed by atoms with Gasteiger partial charge < -0.3 is 4.74 Å². The maximum atomic E-state index is 12.4. The highest BCUT2D eigenvalue weighted by atomic mass is 16.5. The van der Waals surface area contributed by atoms with Crippen LogP contribution in [0.1, 0.15) is 5.56 Å². The van der Waals surface area contributed by atoms with E-state index < -0.39 is 0 Å². The number of imide groups is 1. The molecule has 2 aliphatic heterocycles. The van der Waals surface area contributed by atoms with Gasteiger partial charge in [-0.25, -0.2) is 9.69 Å². The average Bonchev–Trinajstić information content (AvgIpc) is 2.63. The Morgan fingerprint density at radius 2 is 1.88 bits per heavy atom. The molecule has 1 saturated heterocycles. The maximum Gasteiger partial charge on any atom is 0.417 e. The van der Waals surface area contributed by atoms with Crippen LogP contribution in [-0.2, 0) is 11.2 Å². The predicted octanol–water partition coefficient (Wildman–Crippen LogP) is -0.870. The van der Waals surface area contributed by atoms with Crippen molar-refractivity contribution in [3.63, 3.8) is 0 Å². The van der Waals surface area contributed by atoms with Gasteiger partial charge in [-0.05, 0) is 24.1 Å². The second-order valence-corrected chi connectivity index (χ2v) is 6.19. The third kappa shape index (κ3) is 2.99. The normalized spacial score (nSPS) is 21.6. The largest absolute Gasteiger partial charge is 0.497 e. The number of carbonyl (C=O) groups excluding carboxylic acids is 2. The predicted molar refractivity (Wildman–Crippen MR) is 88.5 cm³/mol. The lowest BCUT2D eigenvalue weighted by atomic mass is 10.0. The third-order valence-corrected chi connectivity index (χ3v) is 4.69. The monoisotopic (exact) mass is 331 g/mol. The Labute approximate surface area is 141 Å². The molecule has 2 heterocycles. The highest BCUT2D eigenvalue weighted by Crippen LogP contribution is 2.17. The van der Waals surface area contributed by atoms with Crippen molar-refractivity contribution in [1.29, 1.82) is 0 Å². The lowest BCUT2D eigenvalue weighted by Gasteiger charge is -2.35. The molecule has 0 aliphatic carbocycles. The van der Waals surface area contributed by atoms with Crippen molar-refractivity contribution in [2.45, 2.75) is 6.42 Å². The number of carbonyl (C=O) groups is 2. The average molecular weight is 331 g/mol. The summed E-state index contributed by atoms with van der Waals surface area (Å²) in [6.07, 6.45) is 0.895. The van der Waals surface area contributed by atoms with Crippen LogP contribution in [0.2, 0.25) is 0 Å². The molecule has 3 rings (SSSR count). The van der Waals surface area contributed by atoms with Crippen molar-refractivity contribution in [2.24, 2.45) is 5.92 Å². The second-order valence-electron chi connectivity index (χ2n) is 6.19. The van der Waals surface area contributed by atoms with Crippen LogP contribution in [0, 0.1) is 5.92 Å². The fourth-order valence-corrected chi connectivity index (χ4v) is 3.18. The number of amidine groups is 1. The minimum absolute atomic E-state index is 0.144. The molecule has 2 aliphatic rings. The molecule has 7 nitrogen and oxygen atoms in total. The van der Waals surface area contributed by atoms with Gasteiger partial charge in [0.15, 0.2) is 5.92 Å². The molecule has 3 amide bonds. The minimum atomic E-state index is -0.303. The lowest BCUT2D eigenvalue weighted by molar-refractivity contribution is -0.498. The van der Waals surface area contributed by atoms with E-state index in [4.69, 9.17) is 4.74 Å². The highest BCUT2D eigenvalue weighted by Gasteiger charge is 2.48. The molecule has 1 unspecified atom stereocenters. The molecule has 0 saturated carbocycles. The van der Waals surface area contributed by atoms with Gasteiger partial charge in [0.1, 0.15) is 12.4 Å². The zero-order chi connectivity index (χ0) is 17.3. The molecule has 7 heteroatoms. The SMILES string of the molecule is COc1ccc(CCN2C[NH+]=C3C(C2)C(=O)N(C)C(=O)N3C)cc1. The second kappa shape index (κ2) is 6.60. The van der Waals surface area contributed by atoms with Crippen LogP contribution in [0.3, 0.4) is 0 Å². The summed E-state index contributed by atoms with van der Waals surface area (Å²) in [5, 5.41) is 0. The first-order valence-corrected chi connectivity index (χ1v) is 8.02. The molecule has 0 aromatic heterocycles. The van der Waals surface area contributed by atoms with Gasteiger partial charge in [-0.1, -0.05) is 12.1 Å². The van der Waals surface area contributed by atoms with Crippen LogP contribution in [0.15, 0.2) is 24.3 Å². The number of methoxy groups -OCH3 is 1. The summed E-state index contributed by atoms with van der Waals surface area (Å²) in [5.74, 6) is 1.11. The molecule has 0 radical (unpaired) electrons. The Morgan fingerprint density at radius 3 is 2.54 bits per heavy atom. The summed E-state index contributed by atoms with van der Waals surface area (Å²) in [6.45, 7) is 2.10. The van der Waals surface area contributed by atoms with E-state index in [0.29, 0.717) is 19.0 Å². The number of rotatable bonds is 4. The topological polar surface area (TPSA) is 67.1 Å². The highest BCUT2D eigenvalue weighted by molar-refractivity contribution is 6.16. The van der Waals surface area contributed by atoms with Crippen molar-refractivity contribution in [3.8, 4) is 5.75 Å². The third-order valence-electron chi connectivity index (χ3n) is 4.69. The summed E-state index contributed by atoms with van der Waals surface area (Å²) in [6, 6.07) is 7.73. The fraction of sp³-hybridized carbons (Fsp3) is 0.471. The number of ether oxygens (including phenoxy) is 1. The quantitative estimate of drug-likeness (QED) is 0.779. The van der Waals surface area contributed by atoms with Crippen LogP contribution in [0.25, 0.3) is 0 Å². The molecular formula is C17H23N4O3+. The molecule has 1 N–H and O–H groups in total. The first kappa shape index (κ1) is 16.4. The molecule has 0 spiro atoms. The number of urea groups is 1. The van der Waals surface area contributed by atoms with Gasteiger partial charge in [-0.3, -0.25) is 14.7 Å². The Bertz CT molecular complexity index is 671. The van der Waals surface area contributed by atoms with E-state index in [9.17, 15) is 9.59 Å². The zero-order valence-corrected chi connectivity index (χ0v) is 14.3. The number of nitrogens with zero attached hydrogens (tertiary/aromatic N) is 3. The Hall–Kier alpha value is -2.41. The van der Waals surface area contributed by atoms with Crippen molar-refractivity contribution in [2.75, 3.05) is 41.0 Å². The van der Waals surface area contributed by atoms with E-state index in [1.54, 1.807) is 14.2 Å². The molecule has 1 aromatic carbocycles. The minimum Gasteiger partial charge on any atom is -0.497 e. The smallest absolute Gasteiger partial charge is 0.417 e. The number of hydrogen-bond donors (Lipinski definition) is 1. The molecule has 128 valence electrons. The number of amides is 3. The van der Waals surface area contributed by atoms with Gasteiger partial charge >= 0.3 is 6.03 Å². The number of benzene rings is 1. The summed E-state index contributed by atoms with van der Waals surface area (Å²) in [4.78, 5) is 32.5. The standard InChI is InChI=1S/C17H22N4O3/c1-19-15-14(16(22)20(2)17(19)23)10-21(11-18-15)9-8-12-4-6-13(24-3)7-5-12/h4-7,14H,8-11H2,1-3H3/p+1. The van der Waals surface area contributed by atoms with Crippen LogP contribution in [-0.4, -0.2) is 73.4 Å².